The minimum Gasteiger partial charge on any atom is -0.481 e. The first kappa shape index (κ1) is 16.9. The lowest BCUT2D eigenvalue weighted by Gasteiger charge is -2.17. The fraction of sp³-hybridized carbons (Fsp3) is 0.368. The second-order valence-electron chi connectivity index (χ2n) is 6.27. The molecular weight excluding hydrogens is 316 g/mol. The van der Waals surface area contributed by atoms with E-state index in [0.717, 1.165) is 31.6 Å². The van der Waals surface area contributed by atoms with E-state index >= 15 is 0 Å². The SMILES string of the molecule is C#CCOc1ccc(NC(=O)N2CC[C@H](Cc3cnn(C)c3)C2)cc1. The molecule has 6 heteroatoms. The lowest BCUT2D eigenvalue weighted by Crippen LogP contribution is -2.33. The van der Waals surface area contributed by atoms with Gasteiger partial charge >= 0.3 is 6.03 Å². The molecule has 0 unspecified atom stereocenters. The van der Waals surface area contributed by atoms with E-state index in [9.17, 15) is 4.79 Å². The van der Waals surface area contributed by atoms with Gasteiger partial charge in [0.1, 0.15) is 12.4 Å². The van der Waals surface area contributed by atoms with Crippen LogP contribution in [-0.2, 0) is 13.5 Å². The van der Waals surface area contributed by atoms with Crippen molar-refractivity contribution < 1.29 is 9.53 Å². The largest absolute Gasteiger partial charge is 0.481 e. The molecule has 2 aromatic rings. The molecule has 1 N–H and O–H groups in total. The van der Waals surface area contributed by atoms with Crippen molar-refractivity contribution in [1.29, 1.82) is 0 Å². The van der Waals surface area contributed by atoms with E-state index in [0.29, 0.717) is 11.7 Å². The Hall–Kier alpha value is -2.94. The second kappa shape index (κ2) is 7.75. The number of nitrogens with one attached hydrogen (secondary N) is 1. The third-order valence-corrected chi connectivity index (χ3v) is 4.28. The van der Waals surface area contributed by atoms with Crippen LogP contribution in [0.15, 0.2) is 36.7 Å². The van der Waals surface area contributed by atoms with Crippen LogP contribution in [0, 0.1) is 18.3 Å². The van der Waals surface area contributed by atoms with Crippen LogP contribution >= 0.6 is 0 Å². The van der Waals surface area contributed by atoms with E-state index in [1.807, 2.05) is 41.2 Å². The number of urea groups is 1. The summed E-state index contributed by atoms with van der Waals surface area (Å²) < 4.78 is 7.13. The van der Waals surface area contributed by atoms with Gasteiger partial charge in [-0.15, -0.1) is 6.42 Å². The van der Waals surface area contributed by atoms with Gasteiger partial charge in [0.25, 0.3) is 0 Å². The van der Waals surface area contributed by atoms with Gasteiger partial charge in [0.2, 0.25) is 0 Å². The van der Waals surface area contributed by atoms with Crippen LogP contribution in [-0.4, -0.2) is 40.4 Å². The van der Waals surface area contributed by atoms with Gasteiger partial charge in [-0.05, 0) is 48.6 Å². The van der Waals surface area contributed by atoms with Crippen LogP contribution in [0.2, 0.25) is 0 Å². The van der Waals surface area contributed by atoms with Crippen molar-refractivity contribution in [3.05, 3.63) is 42.2 Å². The van der Waals surface area contributed by atoms with E-state index in [2.05, 4.69) is 16.3 Å². The monoisotopic (exact) mass is 338 g/mol. The second-order valence-corrected chi connectivity index (χ2v) is 6.27. The summed E-state index contributed by atoms with van der Waals surface area (Å²) in [4.78, 5) is 14.3. The first-order chi connectivity index (χ1) is 12.1. The number of aromatic nitrogens is 2. The third-order valence-electron chi connectivity index (χ3n) is 4.28. The third kappa shape index (κ3) is 4.54. The lowest BCUT2D eigenvalue weighted by atomic mass is 10.0. The molecule has 2 amide bonds. The van der Waals surface area contributed by atoms with Crippen molar-refractivity contribution >= 4 is 11.7 Å². The highest BCUT2D eigenvalue weighted by molar-refractivity contribution is 5.89. The van der Waals surface area contributed by atoms with Crippen molar-refractivity contribution in [3.63, 3.8) is 0 Å². The molecule has 0 saturated carbocycles. The van der Waals surface area contributed by atoms with Crippen LogP contribution in [0.1, 0.15) is 12.0 Å². The molecule has 0 bridgehead atoms. The smallest absolute Gasteiger partial charge is 0.321 e. The Kier molecular flexibility index (Phi) is 5.24. The number of likely N-dealkylation sites (tertiary alicyclic amines) is 1. The summed E-state index contributed by atoms with van der Waals surface area (Å²) in [5.41, 5.74) is 1.96. The highest BCUT2D eigenvalue weighted by atomic mass is 16.5. The Morgan fingerprint density at radius 1 is 1.44 bits per heavy atom. The zero-order valence-electron chi connectivity index (χ0n) is 14.3. The van der Waals surface area contributed by atoms with E-state index in [4.69, 9.17) is 11.2 Å². The summed E-state index contributed by atoms with van der Waals surface area (Å²) in [6.45, 7) is 1.78. The van der Waals surface area contributed by atoms with Crippen molar-refractivity contribution in [3.8, 4) is 18.1 Å². The number of carbonyl (C=O) groups excluding carboxylic acids is 1. The van der Waals surface area contributed by atoms with Crippen LogP contribution in [0.5, 0.6) is 5.75 Å². The highest BCUT2D eigenvalue weighted by Crippen LogP contribution is 2.22. The van der Waals surface area contributed by atoms with Crippen LogP contribution in [0.4, 0.5) is 10.5 Å². The number of aryl methyl sites for hydroxylation is 1. The summed E-state index contributed by atoms with van der Waals surface area (Å²) >= 11 is 0. The molecule has 1 aliphatic heterocycles. The molecule has 1 saturated heterocycles. The maximum atomic E-state index is 12.4. The summed E-state index contributed by atoms with van der Waals surface area (Å²) in [5.74, 6) is 3.59. The maximum Gasteiger partial charge on any atom is 0.321 e. The van der Waals surface area contributed by atoms with E-state index in [1.54, 1.807) is 12.1 Å². The predicted molar refractivity (Wildman–Crippen MR) is 96.4 cm³/mol. The molecule has 2 heterocycles. The average molecular weight is 338 g/mol. The van der Waals surface area contributed by atoms with E-state index < -0.39 is 0 Å². The molecule has 0 aliphatic carbocycles. The van der Waals surface area contributed by atoms with Crippen molar-refractivity contribution in [1.82, 2.24) is 14.7 Å². The lowest BCUT2D eigenvalue weighted by molar-refractivity contribution is 0.221. The van der Waals surface area contributed by atoms with Gasteiger partial charge in [0, 0.05) is 32.0 Å². The molecule has 130 valence electrons. The quantitative estimate of drug-likeness (QED) is 0.852. The molecule has 1 aromatic heterocycles. The van der Waals surface area contributed by atoms with E-state index in [-0.39, 0.29) is 12.6 Å². The highest BCUT2D eigenvalue weighted by Gasteiger charge is 2.26. The topological polar surface area (TPSA) is 59.4 Å². The number of hydrogen-bond acceptors (Lipinski definition) is 3. The normalized spacial score (nSPS) is 16.5. The fourth-order valence-corrected chi connectivity index (χ4v) is 3.06. The molecule has 6 nitrogen and oxygen atoms in total. The molecule has 1 fully saturated rings. The Labute approximate surface area is 147 Å². The number of amides is 2. The maximum absolute atomic E-state index is 12.4. The zero-order chi connectivity index (χ0) is 17.6. The summed E-state index contributed by atoms with van der Waals surface area (Å²) in [7, 11) is 1.92. The molecule has 3 rings (SSSR count). The minimum absolute atomic E-state index is 0.0639. The minimum atomic E-state index is -0.0639. The van der Waals surface area contributed by atoms with Crippen LogP contribution < -0.4 is 10.1 Å². The Balaban J connectivity index is 1.49. The fourth-order valence-electron chi connectivity index (χ4n) is 3.06. The first-order valence-corrected chi connectivity index (χ1v) is 8.34. The number of hydrogen-bond donors (Lipinski definition) is 1. The standard InChI is InChI=1S/C19H22N4O2/c1-3-10-25-18-6-4-17(5-7-18)21-19(24)23-9-8-15(14-23)11-16-12-20-22(2)13-16/h1,4-7,12-13,15H,8-11,14H2,2H3,(H,21,24)/t15-/m1/s1. The number of nitrogens with zero attached hydrogens (tertiary/aromatic N) is 3. The van der Waals surface area contributed by atoms with Gasteiger partial charge in [-0.3, -0.25) is 4.68 Å². The number of benzene rings is 1. The number of terminal acetylenes is 1. The number of anilines is 1. The summed E-state index contributed by atoms with van der Waals surface area (Å²) in [5, 5.41) is 7.13. The van der Waals surface area contributed by atoms with Gasteiger partial charge in [-0.25, -0.2) is 4.79 Å². The predicted octanol–water partition coefficient (Wildman–Crippen LogP) is 2.53. The zero-order valence-corrected chi connectivity index (χ0v) is 14.3. The van der Waals surface area contributed by atoms with Gasteiger partial charge in [0.05, 0.1) is 6.20 Å². The van der Waals surface area contributed by atoms with Crippen molar-refractivity contribution in [2.24, 2.45) is 13.0 Å². The molecule has 0 spiro atoms. The van der Waals surface area contributed by atoms with Crippen LogP contribution in [0.3, 0.4) is 0 Å². The van der Waals surface area contributed by atoms with Crippen molar-refractivity contribution in [2.75, 3.05) is 25.0 Å². The number of carbonyl (C=O) groups is 1. The summed E-state index contributed by atoms with van der Waals surface area (Å²) in [6.07, 6.45) is 11.1. The molecule has 1 aromatic carbocycles. The molecule has 25 heavy (non-hydrogen) atoms. The van der Waals surface area contributed by atoms with Crippen LogP contribution in [0.25, 0.3) is 0 Å². The Morgan fingerprint density at radius 3 is 2.92 bits per heavy atom. The number of rotatable bonds is 5. The molecule has 1 atom stereocenters. The first-order valence-electron chi connectivity index (χ1n) is 8.34. The van der Waals surface area contributed by atoms with Crippen molar-refractivity contribution in [2.45, 2.75) is 12.8 Å². The van der Waals surface area contributed by atoms with Gasteiger partial charge in [-0.1, -0.05) is 5.92 Å². The van der Waals surface area contributed by atoms with Gasteiger partial charge < -0.3 is 15.0 Å². The van der Waals surface area contributed by atoms with Gasteiger partial charge in [0.15, 0.2) is 0 Å². The Morgan fingerprint density at radius 2 is 2.24 bits per heavy atom. The summed E-state index contributed by atoms with van der Waals surface area (Å²) in [6, 6.07) is 7.15. The average Bonchev–Trinajstić information content (AvgIpc) is 3.24. The Bertz CT molecular complexity index is 760. The van der Waals surface area contributed by atoms with Gasteiger partial charge in [-0.2, -0.15) is 5.10 Å². The number of ether oxygens (including phenoxy) is 1. The molecule has 0 radical (unpaired) electrons. The molecular formula is C19H22N4O2. The van der Waals surface area contributed by atoms with E-state index in [1.165, 1.54) is 5.56 Å². The molecule has 1 aliphatic rings.